The summed E-state index contributed by atoms with van der Waals surface area (Å²) >= 11 is 0. The monoisotopic (exact) mass is 540 g/mol. The Labute approximate surface area is 221 Å². The lowest BCUT2D eigenvalue weighted by Crippen LogP contribution is -2.37. The van der Waals surface area contributed by atoms with Gasteiger partial charge in [0.15, 0.2) is 5.65 Å². The van der Waals surface area contributed by atoms with Gasteiger partial charge >= 0.3 is 16.1 Å². The molecule has 0 unspecified atom stereocenters. The first kappa shape index (κ1) is 26.1. The Kier molecular flexibility index (Phi) is 6.84. The Balaban J connectivity index is 1.54. The zero-order chi connectivity index (χ0) is 27.1. The van der Waals surface area contributed by atoms with E-state index >= 15 is 0 Å². The van der Waals surface area contributed by atoms with Crippen LogP contribution < -0.4 is 10.2 Å². The Morgan fingerprint density at radius 1 is 1.08 bits per heavy atom. The van der Waals surface area contributed by atoms with Crippen molar-refractivity contribution in [3.8, 4) is 0 Å². The Bertz CT molecular complexity index is 1500. The normalized spacial score (nSPS) is 16.6. The first-order chi connectivity index (χ1) is 18.2. The topological polar surface area (TPSA) is 136 Å². The fourth-order valence-electron chi connectivity index (χ4n) is 5.29. The van der Waals surface area contributed by atoms with Crippen molar-refractivity contribution in [1.82, 2.24) is 20.0 Å². The van der Waals surface area contributed by atoms with Gasteiger partial charge in [0, 0.05) is 26.6 Å². The third-order valence-electron chi connectivity index (χ3n) is 7.47. The van der Waals surface area contributed by atoms with E-state index < -0.39 is 22.0 Å². The molecule has 11 nitrogen and oxygen atoms in total. The SMILES string of the molecule is CCCn1nnc2ccc(NC(=O)c3ccc(S(=O)(=O)OC(C)=O)c(CC)c3N3CCC4(CC3)CC4)nc21. The number of carbonyl (C=O) groups is 2. The molecule has 0 radical (unpaired) electrons. The summed E-state index contributed by atoms with van der Waals surface area (Å²) in [7, 11) is -4.34. The van der Waals surface area contributed by atoms with Gasteiger partial charge in [-0.05, 0) is 73.8 Å². The van der Waals surface area contributed by atoms with Crippen molar-refractivity contribution in [2.45, 2.75) is 70.7 Å². The minimum absolute atomic E-state index is 0.0949. The molecule has 3 aromatic rings. The van der Waals surface area contributed by atoms with Gasteiger partial charge in [-0.2, -0.15) is 8.42 Å². The highest BCUT2D eigenvalue weighted by Crippen LogP contribution is 2.54. The van der Waals surface area contributed by atoms with Gasteiger partial charge in [0.1, 0.15) is 16.2 Å². The van der Waals surface area contributed by atoms with Crippen LogP contribution in [-0.2, 0) is 32.1 Å². The van der Waals surface area contributed by atoms with Gasteiger partial charge < -0.3 is 14.4 Å². The summed E-state index contributed by atoms with van der Waals surface area (Å²) in [4.78, 5) is 31.7. The second-order valence-corrected chi connectivity index (χ2v) is 11.6. The summed E-state index contributed by atoms with van der Waals surface area (Å²) in [6, 6.07) is 6.26. The van der Waals surface area contributed by atoms with Crippen LogP contribution in [0.1, 0.15) is 68.8 Å². The molecule has 2 aliphatic rings. The summed E-state index contributed by atoms with van der Waals surface area (Å²) in [6.07, 6.45) is 5.61. The van der Waals surface area contributed by atoms with Crippen molar-refractivity contribution in [1.29, 1.82) is 0 Å². The van der Waals surface area contributed by atoms with Gasteiger partial charge in [0.2, 0.25) is 0 Å². The summed E-state index contributed by atoms with van der Waals surface area (Å²) in [5, 5.41) is 11.1. The lowest BCUT2D eigenvalue weighted by molar-refractivity contribution is -0.131. The average Bonchev–Trinajstić information content (AvgIpc) is 3.52. The highest BCUT2D eigenvalue weighted by Gasteiger charge is 2.45. The van der Waals surface area contributed by atoms with Crippen LogP contribution in [0.3, 0.4) is 0 Å². The zero-order valence-corrected chi connectivity index (χ0v) is 22.7. The molecule has 12 heteroatoms. The molecule has 1 amide bonds. The van der Waals surface area contributed by atoms with Crippen molar-refractivity contribution in [2.75, 3.05) is 23.3 Å². The largest absolute Gasteiger partial charge is 0.371 e. The lowest BCUT2D eigenvalue weighted by atomic mass is 9.92. The molecule has 1 saturated carbocycles. The van der Waals surface area contributed by atoms with Crippen LogP contribution in [0.25, 0.3) is 11.2 Å². The van der Waals surface area contributed by atoms with Crippen LogP contribution in [0.4, 0.5) is 11.5 Å². The zero-order valence-electron chi connectivity index (χ0n) is 21.9. The van der Waals surface area contributed by atoms with Crippen molar-refractivity contribution in [3.63, 3.8) is 0 Å². The standard InChI is InChI=1S/C26H32N6O5S/c1-4-14-32-24-20(29-30-32)7-9-22(27-24)28-25(34)19-6-8-21(38(35,36)37-17(3)33)18(5-2)23(19)31-15-12-26(10-11-26)13-16-31/h6-9H,4-5,10-16H2,1-3H3,(H,27,28,34). The number of rotatable bonds is 8. The second-order valence-electron chi connectivity index (χ2n) is 10.1. The minimum atomic E-state index is -4.34. The van der Waals surface area contributed by atoms with Crippen LogP contribution in [0, 0.1) is 5.41 Å². The van der Waals surface area contributed by atoms with E-state index in [9.17, 15) is 18.0 Å². The number of aryl methyl sites for hydroxylation is 1. The number of pyridine rings is 1. The molecule has 202 valence electrons. The van der Waals surface area contributed by atoms with E-state index in [0.717, 1.165) is 39.3 Å². The maximum absolute atomic E-state index is 13.7. The van der Waals surface area contributed by atoms with Gasteiger partial charge in [0.05, 0.1) is 11.3 Å². The molecule has 2 fully saturated rings. The second kappa shape index (κ2) is 9.97. The maximum Gasteiger partial charge on any atom is 0.342 e. The Morgan fingerprint density at radius 3 is 2.45 bits per heavy atom. The summed E-state index contributed by atoms with van der Waals surface area (Å²) in [6.45, 7) is 7.00. The number of nitrogens with zero attached hydrogens (tertiary/aromatic N) is 5. The van der Waals surface area contributed by atoms with Crippen LogP contribution in [0.15, 0.2) is 29.2 Å². The molecule has 0 bridgehead atoms. The van der Waals surface area contributed by atoms with E-state index in [1.54, 1.807) is 16.8 Å². The van der Waals surface area contributed by atoms with Crippen LogP contribution in [-0.4, -0.2) is 53.4 Å². The number of benzene rings is 1. The van der Waals surface area contributed by atoms with E-state index in [0.29, 0.717) is 52.2 Å². The first-order valence-electron chi connectivity index (χ1n) is 13.0. The number of fused-ring (bicyclic) bond motifs is 1. The summed E-state index contributed by atoms with van der Waals surface area (Å²) < 4.78 is 32.3. The van der Waals surface area contributed by atoms with Crippen molar-refractivity contribution < 1.29 is 22.2 Å². The number of carbonyl (C=O) groups excluding carboxylic acids is 2. The van der Waals surface area contributed by atoms with Crippen LogP contribution in [0.2, 0.25) is 0 Å². The quantitative estimate of drug-likeness (QED) is 0.424. The number of anilines is 2. The fraction of sp³-hybridized carbons (Fsp3) is 0.500. The Morgan fingerprint density at radius 2 is 1.82 bits per heavy atom. The lowest BCUT2D eigenvalue weighted by Gasteiger charge is -2.36. The molecule has 3 heterocycles. The molecular formula is C26H32N6O5S. The number of hydrogen-bond acceptors (Lipinski definition) is 9. The van der Waals surface area contributed by atoms with Crippen molar-refractivity contribution >= 4 is 44.7 Å². The highest BCUT2D eigenvalue weighted by atomic mass is 32.2. The predicted octanol–water partition coefficient (Wildman–Crippen LogP) is 3.68. The van der Waals surface area contributed by atoms with Gasteiger partial charge in [0.25, 0.3) is 5.91 Å². The number of piperidine rings is 1. The van der Waals surface area contributed by atoms with E-state index in [-0.39, 0.29) is 4.90 Å². The number of hydrogen-bond donors (Lipinski definition) is 1. The van der Waals surface area contributed by atoms with E-state index in [4.69, 9.17) is 4.18 Å². The molecule has 5 rings (SSSR count). The van der Waals surface area contributed by atoms with Gasteiger partial charge in [-0.15, -0.1) is 5.10 Å². The molecule has 1 aromatic carbocycles. The molecule has 0 atom stereocenters. The van der Waals surface area contributed by atoms with E-state index in [2.05, 4.69) is 25.5 Å². The van der Waals surface area contributed by atoms with Crippen molar-refractivity contribution in [3.05, 3.63) is 35.4 Å². The third kappa shape index (κ3) is 4.96. The third-order valence-corrected chi connectivity index (χ3v) is 8.84. The molecule has 2 aromatic heterocycles. The van der Waals surface area contributed by atoms with Crippen LogP contribution in [0.5, 0.6) is 0 Å². The van der Waals surface area contributed by atoms with E-state index in [1.807, 2.05) is 13.8 Å². The van der Waals surface area contributed by atoms with Gasteiger partial charge in [-0.25, -0.2) is 9.67 Å². The fourth-order valence-corrected chi connectivity index (χ4v) is 6.46. The first-order valence-corrected chi connectivity index (χ1v) is 14.4. The number of nitrogens with one attached hydrogen (secondary N) is 1. The number of amides is 1. The van der Waals surface area contributed by atoms with Gasteiger partial charge in [-0.3, -0.25) is 9.59 Å². The smallest absolute Gasteiger partial charge is 0.342 e. The average molecular weight is 541 g/mol. The predicted molar refractivity (Wildman–Crippen MR) is 141 cm³/mol. The molecule has 1 aliphatic carbocycles. The molecule has 1 saturated heterocycles. The van der Waals surface area contributed by atoms with Crippen molar-refractivity contribution in [2.24, 2.45) is 5.41 Å². The highest BCUT2D eigenvalue weighted by molar-refractivity contribution is 7.87. The Hall–Kier alpha value is -3.54. The molecule has 1 spiro atoms. The molecule has 1 N–H and O–H groups in total. The van der Waals surface area contributed by atoms with Gasteiger partial charge in [-0.1, -0.05) is 19.1 Å². The summed E-state index contributed by atoms with van der Waals surface area (Å²) in [5.41, 5.74) is 2.96. The minimum Gasteiger partial charge on any atom is -0.371 e. The molecular weight excluding hydrogens is 508 g/mol. The molecule has 1 aliphatic heterocycles. The van der Waals surface area contributed by atoms with E-state index in [1.165, 1.54) is 25.0 Å². The maximum atomic E-state index is 13.7. The summed E-state index contributed by atoms with van der Waals surface area (Å²) in [5.74, 6) is -0.972. The number of aromatic nitrogens is 4. The van der Waals surface area contributed by atoms with Crippen LogP contribution >= 0.6 is 0 Å². The molecule has 38 heavy (non-hydrogen) atoms.